The van der Waals surface area contributed by atoms with Crippen LogP contribution in [0.5, 0.6) is 11.5 Å². The molecule has 0 spiro atoms. The molecule has 5 rings (SSSR count). The zero-order valence-corrected chi connectivity index (χ0v) is 19.8. The third kappa shape index (κ3) is 5.23. The van der Waals surface area contributed by atoms with Crippen LogP contribution in [-0.2, 0) is 11.2 Å². The number of phenols is 2. The highest BCUT2D eigenvalue weighted by molar-refractivity contribution is 6.03. The molecule has 5 N–H and O–H groups in total. The molecule has 2 aliphatic heterocycles. The molecule has 10 heteroatoms. The normalized spacial score (nSPS) is 14.9. The van der Waals surface area contributed by atoms with Crippen LogP contribution < -0.4 is 16.0 Å². The molecule has 2 aromatic carbocycles. The molecule has 0 unspecified atom stereocenters. The summed E-state index contributed by atoms with van der Waals surface area (Å²) >= 11 is 0. The van der Waals surface area contributed by atoms with Crippen molar-refractivity contribution < 1.29 is 19.8 Å². The maximum atomic E-state index is 12.7. The highest BCUT2D eigenvalue weighted by atomic mass is 16.3. The van der Waals surface area contributed by atoms with Crippen LogP contribution in [0, 0.1) is 0 Å². The molecular weight excluding hydrogens is 460 g/mol. The molecule has 3 aromatic rings. The Morgan fingerprint density at radius 1 is 1.08 bits per heavy atom. The minimum atomic E-state index is -0.267. The smallest absolute Gasteiger partial charge is 0.251 e. The number of hydrogen-bond donors (Lipinski definition) is 5. The van der Waals surface area contributed by atoms with E-state index in [-0.39, 0.29) is 35.7 Å². The van der Waals surface area contributed by atoms with E-state index in [0.717, 1.165) is 26.1 Å². The van der Waals surface area contributed by atoms with E-state index < -0.39 is 0 Å². The number of carbonyl (C=O) groups excluding carboxylic acids is 2. The second-order valence-corrected chi connectivity index (χ2v) is 9.04. The lowest BCUT2D eigenvalue weighted by molar-refractivity contribution is -0.115. The number of phenolic OH excluding ortho intramolecular Hbond substituents is 2. The van der Waals surface area contributed by atoms with Crippen molar-refractivity contribution in [3.05, 3.63) is 53.7 Å². The Balaban J connectivity index is 1.33. The molecule has 36 heavy (non-hydrogen) atoms. The van der Waals surface area contributed by atoms with Gasteiger partial charge in [-0.3, -0.25) is 9.59 Å². The first kappa shape index (κ1) is 23.6. The average Bonchev–Trinajstić information content (AvgIpc) is 3.34. The van der Waals surface area contributed by atoms with Gasteiger partial charge in [0.25, 0.3) is 5.91 Å². The number of fused-ring (bicyclic) bond motifs is 3. The second-order valence-electron chi connectivity index (χ2n) is 9.04. The number of nitrogens with one attached hydrogen (secondary N) is 3. The highest BCUT2D eigenvalue weighted by Crippen LogP contribution is 2.34. The van der Waals surface area contributed by atoms with Gasteiger partial charge in [0.15, 0.2) is 11.5 Å². The summed E-state index contributed by atoms with van der Waals surface area (Å²) in [4.78, 5) is 36.6. The monoisotopic (exact) mass is 488 g/mol. The van der Waals surface area contributed by atoms with Crippen LogP contribution in [0.15, 0.2) is 42.6 Å². The molecule has 0 aliphatic carbocycles. The zero-order valence-electron chi connectivity index (χ0n) is 19.8. The lowest BCUT2D eigenvalue weighted by Gasteiger charge is -2.15. The van der Waals surface area contributed by atoms with Gasteiger partial charge in [-0.05, 0) is 69.2 Å². The van der Waals surface area contributed by atoms with Crippen LogP contribution >= 0.6 is 0 Å². The first-order valence-corrected chi connectivity index (χ1v) is 12.1. The summed E-state index contributed by atoms with van der Waals surface area (Å²) in [7, 11) is 0. The molecular formula is C26H28N6O4. The fourth-order valence-electron chi connectivity index (χ4n) is 4.54. The van der Waals surface area contributed by atoms with Gasteiger partial charge in [-0.2, -0.15) is 0 Å². The minimum absolute atomic E-state index is 0.0995. The number of aromatic hydroxyl groups is 2. The van der Waals surface area contributed by atoms with Crippen molar-refractivity contribution >= 4 is 29.1 Å². The van der Waals surface area contributed by atoms with Crippen molar-refractivity contribution in [1.29, 1.82) is 0 Å². The van der Waals surface area contributed by atoms with E-state index in [2.05, 4.69) is 30.8 Å². The molecule has 0 bridgehead atoms. The van der Waals surface area contributed by atoms with Crippen LogP contribution in [0.3, 0.4) is 0 Å². The van der Waals surface area contributed by atoms with Gasteiger partial charge in [0.2, 0.25) is 11.9 Å². The summed E-state index contributed by atoms with van der Waals surface area (Å²) in [6, 6.07) is 9.48. The van der Waals surface area contributed by atoms with E-state index in [9.17, 15) is 19.8 Å². The average molecular weight is 489 g/mol. The molecule has 2 amide bonds. The second kappa shape index (κ2) is 10.2. The van der Waals surface area contributed by atoms with Crippen LogP contribution in [0.2, 0.25) is 0 Å². The molecule has 1 aromatic heterocycles. The fourth-order valence-corrected chi connectivity index (χ4v) is 4.54. The number of hydrogen-bond acceptors (Lipinski definition) is 8. The van der Waals surface area contributed by atoms with Crippen LogP contribution in [0.4, 0.5) is 17.3 Å². The molecule has 186 valence electrons. The number of rotatable bonds is 7. The van der Waals surface area contributed by atoms with Crippen molar-refractivity contribution in [2.24, 2.45) is 0 Å². The van der Waals surface area contributed by atoms with Gasteiger partial charge >= 0.3 is 0 Å². The predicted octanol–water partition coefficient (Wildman–Crippen LogP) is 3.01. The topological polar surface area (TPSA) is 140 Å². The third-order valence-electron chi connectivity index (χ3n) is 6.39. The summed E-state index contributed by atoms with van der Waals surface area (Å²) in [6.07, 6.45) is 5.08. The SMILES string of the molecule is O=C1Cc2cnc(Nc3ccc(O)c(O)c3)nc2-c2ccc(C(=O)NCCCN3CCCC3)cc2N1. The molecule has 10 nitrogen and oxygen atoms in total. The molecule has 1 saturated heterocycles. The van der Waals surface area contributed by atoms with Crippen molar-refractivity contribution in [2.75, 3.05) is 36.8 Å². The number of benzene rings is 2. The number of carbonyl (C=O) groups is 2. The fraction of sp³-hybridized carbons (Fsp3) is 0.308. The Morgan fingerprint density at radius 2 is 1.92 bits per heavy atom. The summed E-state index contributed by atoms with van der Waals surface area (Å²) in [5, 5.41) is 28.1. The predicted molar refractivity (Wildman–Crippen MR) is 135 cm³/mol. The molecule has 0 saturated carbocycles. The van der Waals surface area contributed by atoms with E-state index in [4.69, 9.17) is 0 Å². The first-order valence-electron chi connectivity index (χ1n) is 12.1. The van der Waals surface area contributed by atoms with E-state index in [0.29, 0.717) is 40.3 Å². The molecule has 0 atom stereocenters. The molecule has 2 aliphatic rings. The Kier molecular flexibility index (Phi) is 6.68. The number of anilines is 3. The maximum absolute atomic E-state index is 12.7. The number of aromatic nitrogens is 2. The maximum Gasteiger partial charge on any atom is 0.251 e. The van der Waals surface area contributed by atoms with Crippen molar-refractivity contribution in [3.8, 4) is 22.8 Å². The van der Waals surface area contributed by atoms with Crippen molar-refractivity contribution in [3.63, 3.8) is 0 Å². The van der Waals surface area contributed by atoms with E-state index in [1.165, 1.54) is 25.0 Å². The van der Waals surface area contributed by atoms with E-state index >= 15 is 0 Å². The van der Waals surface area contributed by atoms with Crippen molar-refractivity contribution in [2.45, 2.75) is 25.7 Å². The Labute approximate surface area is 208 Å². The van der Waals surface area contributed by atoms with E-state index in [1.807, 2.05) is 0 Å². The zero-order chi connectivity index (χ0) is 25.1. The lowest BCUT2D eigenvalue weighted by Crippen LogP contribution is -2.28. The summed E-state index contributed by atoms with van der Waals surface area (Å²) in [5.74, 6) is -0.634. The Morgan fingerprint density at radius 3 is 2.72 bits per heavy atom. The summed E-state index contributed by atoms with van der Waals surface area (Å²) < 4.78 is 0. The lowest BCUT2D eigenvalue weighted by atomic mass is 10.0. The first-order chi connectivity index (χ1) is 17.5. The molecule has 1 fully saturated rings. The van der Waals surface area contributed by atoms with Crippen LogP contribution in [0.1, 0.15) is 35.2 Å². The van der Waals surface area contributed by atoms with E-state index in [1.54, 1.807) is 30.5 Å². The summed E-state index contributed by atoms with van der Waals surface area (Å²) in [5.41, 5.74) is 3.37. The van der Waals surface area contributed by atoms with Crippen LogP contribution in [-0.4, -0.2) is 63.1 Å². The number of likely N-dealkylation sites (tertiary alicyclic amines) is 1. The standard InChI is InChI=1S/C26H28N6O4/c33-21-7-5-18(14-22(21)34)29-26-28-15-17-13-23(35)30-20-12-16(4-6-19(20)24(17)31-26)25(36)27-8-3-11-32-9-1-2-10-32/h4-7,12,14-15,33-34H,1-3,8-11,13H2,(H,27,36)(H,30,35)(H,28,29,31). The molecule has 3 heterocycles. The number of amides is 2. The largest absolute Gasteiger partial charge is 0.504 e. The molecule has 0 radical (unpaired) electrons. The quantitative estimate of drug-likeness (QED) is 0.194. The van der Waals surface area contributed by atoms with Gasteiger partial charge in [-0.15, -0.1) is 0 Å². The summed E-state index contributed by atoms with van der Waals surface area (Å²) in [6.45, 7) is 3.85. The minimum Gasteiger partial charge on any atom is -0.504 e. The van der Waals surface area contributed by atoms with Gasteiger partial charge < -0.3 is 31.1 Å². The van der Waals surface area contributed by atoms with Gasteiger partial charge in [-0.25, -0.2) is 9.97 Å². The van der Waals surface area contributed by atoms with Crippen LogP contribution in [0.25, 0.3) is 11.3 Å². The Bertz CT molecular complexity index is 1310. The van der Waals surface area contributed by atoms with Gasteiger partial charge in [0, 0.05) is 41.2 Å². The van der Waals surface area contributed by atoms with Gasteiger partial charge in [-0.1, -0.05) is 0 Å². The van der Waals surface area contributed by atoms with Crippen molar-refractivity contribution in [1.82, 2.24) is 20.2 Å². The highest BCUT2D eigenvalue weighted by Gasteiger charge is 2.22. The third-order valence-corrected chi connectivity index (χ3v) is 6.39. The Hall–Kier alpha value is -4.18. The van der Waals surface area contributed by atoms with Gasteiger partial charge in [0.05, 0.1) is 17.8 Å². The number of nitrogens with zero attached hydrogens (tertiary/aromatic N) is 3. The van der Waals surface area contributed by atoms with Gasteiger partial charge in [0.1, 0.15) is 0 Å².